The van der Waals surface area contributed by atoms with Crippen LogP contribution in [0.2, 0.25) is 0 Å². The SMILES string of the molecule is COc1ccc(CCc2nc(NC(=O)Cc3ccc4c(c3)OCC4)n[nH]2)cc1OC. The summed E-state index contributed by atoms with van der Waals surface area (Å²) in [5.41, 5.74) is 3.18. The molecule has 8 heteroatoms. The molecular weight excluding hydrogens is 384 g/mol. The summed E-state index contributed by atoms with van der Waals surface area (Å²) in [5.74, 6) is 3.07. The van der Waals surface area contributed by atoms with Crippen molar-refractivity contribution >= 4 is 11.9 Å². The van der Waals surface area contributed by atoms with Gasteiger partial charge in [0.25, 0.3) is 0 Å². The van der Waals surface area contributed by atoms with Crippen LogP contribution in [0.5, 0.6) is 17.2 Å². The summed E-state index contributed by atoms with van der Waals surface area (Å²) < 4.78 is 16.1. The molecule has 0 saturated heterocycles. The van der Waals surface area contributed by atoms with Crippen molar-refractivity contribution in [2.75, 3.05) is 26.1 Å². The molecule has 1 aromatic heterocycles. The molecule has 2 aromatic carbocycles. The van der Waals surface area contributed by atoms with Gasteiger partial charge in [0.2, 0.25) is 11.9 Å². The van der Waals surface area contributed by atoms with Crippen molar-refractivity contribution in [3.63, 3.8) is 0 Å². The van der Waals surface area contributed by atoms with Crippen LogP contribution in [0, 0.1) is 0 Å². The predicted molar refractivity (Wildman–Crippen MR) is 111 cm³/mol. The summed E-state index contributed by atoms with van der Waals surface area (Å²) >= 11 is 0. The molecule has 1 aliphatic heterocycles. The largest absolute Gasteiger partial charge is 0.493 e. The third kappa shape index (κ3) is 4.53. The fourth-order valence-corrected chi connectivity index (χ4v) is 3.44. The van der Waals surface area contributed by atoms with Gasteiger partial charge in [0, 0.05) is 12.8 Å². The standard InChI is InChI=1S/C22H24N4O4/c1-28-17-7-4-14(11-19(17)29-2)5-8-20-23-22(26-25-20)24-21(27)13-15-3-6-16-9-10-30-18(16)12-15/h3-4,6-7,11-12H,5,8-10,13H2,1-2H3,(H2,23,24,25,26,27). The summed E-state index contributed by atoms with van der Waals surface area (Å²) in [4.78, 5) is 16.7. The van der Waals surface area contributed by atoms with E-state index in [2.05, 4.69) is 20.5 Å². The van der Waals surface area contributed by atoms with Crippen LogP contribution < -0.4 is 19.5 Å². The molecular formula is C22H24N4O4. The van der Waals surface area contributed by atoms with Crippen LogP contribution in [0.1, 0.15) is 22.5 Å². The monoisotopic (exact) mass is 408 g/mol. The zero-order valence-electron chi connectivity index (χ0n) is 17.0. The Bertz CT molecular complexity index is 1050. The molecule has 4 rings (SSSR count). The Balaban J connectivity index is 1.31. The third-order valence-corrected chi connectivity index (χ3v) is 5.01. The number of hydrogen-bond donors (Lipinski definition) is 2. The highest BCUT2D eigenvalue weighted by molar-refractivity contribution is 5.90. The smallest absolute Gasteiger partial charge is 0.248 e. The highest BCUT2D eigenvalue weighted by Crippen LogP contribution is 2.28. The minimum absolute atomic E-state index is 0.168. The Kier molecular flexibility index (Phi) is 5.83. The second-order valence-corrected chi connectivity index (χ2v) is 7.06. The number of carbonyl (C=O) groups excluding carboxylic acids is 1. The first-order valence-electron chi connectivity index (χ1n) is 9.81. The van der Waals surface area contributed by atoms with E-state index in [1.165, 1.54) is 5.56 Å². The van der Waals surface area contributed by atoms with Gasteiger partial charge in [-0.05, 0) is 41.3 Å². The molecule has 8 nitrogen and oxygen atoms in total. The number of ether oxygens (including phenoxy) is 3. The predicted octanol–water partition coefficient (Wildman–Crippen LogP) is 2.72. The topological polar surface area (TPSA) is 98.4 Å². The Morgan fingerprint density at radius 3 is 2.77 bits per heavy atom. The lowest BCUT2D eigenvalue weighted by atomic mass is 10.1. The molecule has 0 unspecified atom stereocenters. The minimum Gasteiger partial charge on any atom is -0.493 e. The van der Waals surface area contributed by atoms with Crippen molar-refractivity contribution in [1.29, 1.82) is 0 Å². The van der Waals surface area contributed by atoms with Crippen LogP contribution in [0.25, 0.3) is 0 Å². The maximum Gasteiger partial charge on any atom is 0.248 e. The van der Waals surface area contributed by atoms with E-state index < -0.39 is 0 Å². The van der Waals surface area contributed by atoms with Gasteiger partial charge in [0.05, 0.1) is 27.2 Å². The van der Waals surface area contributed by atoms with E-state index in [1.54, 1.807) is 14.2 Å². The number of aromatic amines is 1. The average molecular weight is 408 g/mol. The molecule has 0 atom stereocenters. The molecule has 3 aromatic rings. The number of fused-ring (bicyclic) bond motifs is 1. The molecule has 0 fully saturated rings. The first-order chi connectivity index (χ1) is 14.6. The van der Waals surface area contributed by atoms with Crippen molar-refractivity contribution < 1.29 is 19.0 Å². The number of hydrogen-bond acceptors (Lipinski definition) is 6. The number of methoxy groups -OCH3 is 2. The number of H-pyrrole nitrogens is 1. The second kappa shape index (κ2) is 8.86. The summed E-state index contributed by atoms with van der Waals surface area (Å²) in [6.45, 7) is 0.703. The minimum atomic E-state index is -0.168. The van der Waals surface area contributed by atoms with E-state index in [0.717, 1.165) is 29.7 Å². The van der Waals surface area contributed by atoms with E-state index in [4.69, 9.17) is 14.2 Å². The number of nitrogens with zero attached hydrogens (tertiary/aromatic N) is 2. The normalized spacial score (nSPS) is 12.2. The molecule has 0 bridgehead atoms. The Labute approximate surface area is 174 Å². The maximum absolute atomic E-state index is 12.3. The Morgan fingerprint density at radius 2 is 1.93 bits per heavy atom. The second-order valence-electron chi connectivity index (χ2n) is 7.06. The van der Waals surface area contributed by atoms with E-state index in [0.29, 0.717) is 30.4 Å². The maximum atomic E-state index is 12.3. The Hall–Kier alpha value is -3.55. The molecule has 0 radical (unpaired) electrons. The molecule has 1 amide bonds. The summed E-state index contributed by atoms with van der Waals surface area (Å²) in [6.07, 6.45) is 2.57. The van der Waals surface area contributed by atoms with Crippen LogP contribution >= 0.6 is 0 Å². The summed E-state index contributed by atoms with van der Waals surface area (Å²) in [5, 5.41) is 9.71. The molecule has 0 aliphatic carbocycles. The van der Waals surface area contributed by atoms with Gasteiger partial charge in [-0.1, -0.05) is 18.2 Å². The number of anilines is 1. The zero-order chi connectivity index (χ0) is 20.9. The van der Waals surface area contributed by atoms with Gasteiger partial charge in [0.15, 0.2) is 11.5 Å². The van der Waals surface area contributed by atoms with Crippen LogP contribution in [0.3, 0.4) is 0 Å². The average Bonchev–Trinajstić information content (AvgIpc) is 3.40. The first kappa shape index (κ1) is 19.8. The third-order valence-electron chi connectivity index (χ3n) is 5.01. The number of aromatic nitrogens is 3. The van der Waals surface area contributed by atoms with Gasteiger partial charge >= 0.3 is 0 Å². The summed E-state index contributed by atoms with van der Waals surface area (Å²) in [6, 6.07) is 11.7. The summed E-state index contributed by atoms with van der Waals surface area (Å²) in [7, 11) is 3.23. The number of aryl methyl sites for hydroxylation is 2. The number of nitrogens with one attached hydrogen (secondary N) is 2. The van der Waals surface area contributed by atoms with Gasteiger partial charge in [-0.25, -0.2) is 0 Å². The fourth-order valence-electron chi connectivity index (χ4n) is 3.44. The van der Waals surface area contributed by atoms with E-state index in [-0.39, 0.29) is 18.3 Å². The molecule has 2 N–H and O–H groups in total. The van der Waals surface area contributed by atoms with Crippen molar-refractivity contribution in [3.05, 3.63) is 58.9 Å². The van der Waals surface area contributed by atoms with Crippen molar-refractivity contribution in [2.45, 2.75) is 25.7 Å². The van der Waals surface area contributed by atoms with Gasteiger partial charge in [-0.15, -0.1) is 5.10 Å². The molecule has 0 saturated carbocycles. The van der Waals surface area contributed by atoms with E-state index in [9.17, 15) is 4.79 Å². The van der Waals surface area contributed by atoms with Crippen molar-refractivity contribution in [3.8, 4) is 17.2 Å². The molecule has 156 valence electrons. The van der Waals surface area contributed by atoms with E-state index in [1.807, 2.05) is 36.4 Å². The van der Waals surface area contributed by atoms with Gasteiger partial charge in [0.1, 0.15) is 11.6 Å². The highest BCUT2D eigenvalue weighted by Gasteiger charge is 2.14. The zero-order valence-corrected chi connectivity index (χ0v) is 17.0. The van der Waals surface area contributed by atoms with Gasteiger partial charge < -0.3 is 14.2 Å². The van der Waals surface area contributed by atoms with Crippen LogP contribution in [-0.2, 0) is 30.5 Å². The molecule has 1 aliphatic rings. The van der Waals surface area contributed by atoms with Crippen molar-refractivity contribution in [1.82, 2.24) is 15.2 Å². The van der Waals surface area contributed by atoms with E-state index >= 15 is 0 Å². The number of rotatable bonds is 8. The first-order valence-corrected chi connectivity index (χ1v) is 9.81. The quantitative estimate of drug-likeness (QED) is 0.595. The molecule has 30 heavy (non-hydrogen) atoms. The van der Waals surface area contributed by atoms with Crippen LogP contribution in [-0.4, -0.2) is 41.9 Å². The van der Waals surface area contributed by atoms with Gasteiger partial charge in [-0.3, -0.25) is 15.2 Å². The number of benzene rings is 2. The van der Waals surface area contributed by atoms with Crippen LogP contribution in [0.4, 0.5) is 5.95 Å². The van der Waals surface area contributed by atoms with Crippen molar-refractivity contribution in [2.24, 2.45) is 0 Å². The lowest BCUT2D eigenvalue weighted by Crippen LogP contribution is -2.15. The van der Waals surface area contributed by atoms with Crippen LogP contribution in [0.15, 0.2) is 36.4 Å². The lowest BCUT2D eigenvalue weighted by Gasteiger charge is -2.09. The Morgan fingerprint density at radius 1 is 1.10 bits per heavy atom. The lowest BCUT2D eigenvalue weighted by molar-refractivity contribution is -0.115. The fraction of sp³-hybridized carbons (Fsp3) is 0.318. The van der Waals surface area contributed by atoms with Gasteiger partial charge in [-0.2, -0.15) is 4.98 Å². The molecule has 2 heterocycles. The molecule has 0 spiro atoms. The highest BCUT2D eigenvalue weighted by atomic mass is 16.5. The number of amides is 1. The number of carbonyl (C=O) groups is 1.